The van der Waals surface area contributed by atoms with Crippen LogP contribution in [0.2, 0.25) is 0 Å². The van der Waals surface area contributed by atoms with Crippen molar-refractivity contribution in [1.82, 2.24) is 25.9 Å². The number of hydrogen-bond donors (Lipinski definition) is 7. The third-order valence-electron chi connectivity index (χ3n) is 5.22. The summed E-state index contributed by atoms with van der Waals surface area (Å²) in [7, 11) is 0. The summed E-state index contributed by atoms with van der Waals surface area (Å²) >= 11 is 0. The average molecular weight is 496 g/mol. The number of aromatic amines is 1. The lowest BCUT2D eigenvalue weighted by Crippen LogP contribution is -2.58. The molecule has 0 spiro atoms. The summed E-state index contributed by atoms with van der Waals surface area (Å²) in [6.07, 6.45) is 2.91. The van der Waals surface area contributed by atoms with Gasteiger partial charge in [0.05, 0.1) is 12.4 Å². The van der Waals surface area contributed by atoms with Gasteiger partial charge < -0.3 is 37.5 Å². The number of carbonyl (C=O) groups is 5. The molecule has 0 saturated heterocycles. The monoisotopic (exact) mass is 495 g/mol. The summed E-state index contributed by atoms with van der Waals surface area (Å²) in [6.45, 7) is 7.06. The first-order valence-corrected chi connectivity index (χ1v) is 11.5. The van der Waals surface area contributed by atoms with Crippen molar-refractivity contribution >= 4 is 29.6 Å². The maximum absolute atomic E-state index is 13.1. The zero-order valence-corrected chi connectivity index (χ0v) is 20.5. The van der Waals surface area contributed by atoms with Gasteiger partial charge in [-0.15, -0.1) is 0 Å². The fraction of sp³-hybridized carbons (Fsp3) is 0.636. The van der Waals surface area contributed by atoms with E-state index in [4.69, 9.17) is 11.5 Å². The smallest absolute Gasteiger partial charge is 0.326 e. The van der Waals surface area contributed by atoms with Crippen LogP contribution in [0.1, 0.15) is 52.7 Å². The van der Waals surface area contributed by atoms with Gasteiger partial charge in [0, 0.05) is 24.7 Å². The Morgan fingerprint density at radius 1 is 1.00 bits per heavy atom. The van der Waals surface area contributed by atoms with Gasteiger partial charge in [0.2, 0.25) is 23.6 Å². The third-order valence-corrected chi connectivity index (χ3v) is 5.22. The number of carboxylic acids is 1. The largest absolute Gasteiger partial charge is 0.480 e. The predicted octanol–water partition coefficient (Wildman–Crippen LogP) is -1.21. The SMILES string of the molecule is CC(C)CC(N)C(=O)NC(CCC(N)=O)C(=O)NC(Cc1cnc[nH]1)C(=O)NC(C(=O)O)C(C)C. The molecule has 0 saturated carbocycles. The Labute approximate surface area is 204 Å². The summed E-state index contributed by atoms with van der Waals surface area (Å²) in [6, 6.07) is -4.43. The second-order valence-electron chi connectivity index (χ2n) is 9.21. The molecule has 1 aromatic rings. The lowest BCUT2D eigenvalue weighted by Gasteiger charge is -2.26. The van der Waals surface area contributed by atoms with E-state index >= 15 is 0 Å². The normalized spacial score (nSPS) is 14.6. The molecule has 1 heterocycles. The first-order chi connectivity index (χ1) is 16.3. The maximum atomic E-state index is 13.1. The van der Waals surface area contributed by atoms with E-state index in [-0.39, 0.29) is 25.2 Å². The molecule has 0 aliphatic carbocycles. The van der Waals surface area contributed by atoms with Crippen LogP contribution < -0.4 is 27.4 Å². The van der Waals surface area contributed by atoms with E-state index in [1.165, 1.54) is 12.5 Å². The predicted molar refractivity (Wildman–Crippen MR) is 126 cm³/mol. The summed E-state index contributed by atoms with van der Waals surface area (Å²) in [5, 5.41) is 16.9. The van der Waals surface area contributed by atoms with E-state index in [9.17, 15) is 29.1 Å². The third kappa shape index (κ3) is 10.5. The van der Waals surface area contributed by atoms with Crippen LogP contribution in [0, 0.1) is 11.8 Å². The van der Waals surface area contributed by atoms with Crippen LogP contribution in [-0.2, 0) is 30.4 Å². The molecule has 0 aliphatic rings. The molecular formula is C22H37N7O6. The molecule has 35 heavy (non-hydrogen) atoms. The van der Waals surface area contributed by atoms with Gasteiger partial charge in [-0.05, 0) is 24.7 Å². The van der Waals surface area contributed by atoms with E-state index in [0.29, 0.717) is 12.1 Å². The van der Waals surface area contributed by atoms with E-state index < -0.39 is 59.7 Å². The van der Waals surface area contributed by atoms with Crippen molar-refractivity contribution in [2.45, 2.75) is 77.5 Å². The van der Waals surface area contributed by atoms with Crippen molar-refractivity contribution in [2.75, 3.05) is 0 Å². The lowest BCUT2D eigenvalue weighted by atomic mass is 10.0. The van der Waals surface area contributed by atoms with Crippen molar-refractivity contribution in [3.05, 3.63) is 18.2 Å². The Kier molecular flexibility index (Phi) is 11.9. The zero-order chi connectivity index (χ0) is 26.7. The number of hydrogen-bond acceptors (Lipinski definition) is 7. The van der Waals surface area contributed by atoms with Gasteiger partial charge >= 0.3 is 5.97 Å². The summed E-state index contributed by atoms with van der Waals surface area (Å²) in [5.41, 5.74) is 11.6. The van der Waals surface area contributed by atoms with Gasteiger partial charge in [0.25, 0.3) is 0 Å². The molecule has 4 atom stereocenters. The van der Waals surface area contributed by atoms with E-state index in [1.54, 1.807) is 13.8 Å². The first-order valence-electron chi connectivity index (χ1n) is 11.5. The van der Waals surface area contributed by atoms with Crippen LogP contribution in [0.3, 0.4) is 0 Å². The minimum Gasteiger partial charge on any atom is -0.480 e. The molecule has 0 bridgehead atoms. The molecule has 1 rings (SSSR count). The number of amides is 4. The minimum atomic E-state index is -1.22. The molecule has 13 nitrogen and oxygen atoms in total. The fourth-order valence-electron chi connectivity index (χ4n) is 3.31. The van der Waals surface area contributed by atoms with Crippen molar-refractivity contribution in [2.24, 2.45) is 23.3 Å². The molecule has 0 aromatic carbocycles. The number of nitrogens with two attached hydrogens (primary N) is 2. The highest BCUT2D eigenvalue weighted by molar-refractivity contribution is 5.94. The molecule has 0 fully saturated rings. The number of nitrogens with one attached hydrogen (secondary N) is 4. The molecule has 4 amide bonds. The average Bonchev–Trinajstić information content (AvgIpc) is 3.25. The van der Waals surface area contributed by atoms with Crippen LogP contribution in [0.25, 0.3) is 0 Å². The van der Waals surface area contributed by atoms with E-state index in [1.807, 2.05) is 13.8 Å². The van der Waals surface area contributed by atoms with Gasteiger partial charge in [-0.3, -0.25) is 19.2 Å². The van der Waals surface area contributed by atoms with Crippen LogP contribution in [0.15, 0.2) is 12.5 Å². The molecule has 0 aliphatic heterocycles. The number of imidazole rings is 1. The summed E-state index contributed by atoms with van der Waals surface area (Å²) < 4.78 is 0. The van der Waals surface area contributed by atoms with E-state index in [2.05, 4.69) is 25.9 Å². The Morgan fingerprint density at radius 3 is 2.09 bits per heavy atom. The first kappa shape index (κ1) is 29.6. The van der Waals surface area contributed by atoms with Gasteiger partial charge in [-0.2, -0.15) is 0 Å². The van der Waals surface area contributed by atoms with Gasteiger partial charge in [-0.25, -0.2) is 9.78 Å². The van der Waals surface area contributed by atoms with Crippen LogP contribution in [-0.4, -0.2) is 68.8 Å². The second kappa shape index (κ2) is 14.0. The number of carboxylic acid groups (broad SMARTS) is 1. The molecule has 196 valence electrons. The maximum Gasteiger partial charge on any atom is 0.326 e. The molecule has 4 unspecified atom stereocenters. The standard InChI is InChI=1S/C22H37N7O6/c1-11(2)7-14(23)19(31)27-15(5-6-17(24)30)20(32)28-16(8-13-9-25-10-26-13)21(33)29-18(12(3)4)22(34)35/h9-12,14-16,18H,5-8,23H2,1-4H3,(H2,24,30)(H,25,26)(H,27,31)(H,28,32)(H,29,33)(H,34,35). The number of rotatable bonds is 15. The zero-order valence-electron chi connectivity index (χ0n) is 20.5. The highest BCUT2D eigenvalue weighted by Crippen LogP contribution is 2.08. The number of aliphatic carboxylic acids is 1. The molecule has 1 aromatic heterocycles. The highest BCUT2D eigenvalue weighted by Gasteiger charge is 2.32. The number of primary amides is 1. The van der Waals surface area contributed by atoms with Crippen LogP contribution in [0.5, 0.6) is 0 Å². The molecule has 13 heteroatoms. The van der Waals surface area contributed by atoms with Crippen molar-refractivity contribution < 1.29 is 29.1 Å². The summed E-state index contributed by atoms with van der Waals surface area (Å²) in [5.74, 6) is -4.21. The van der Waals surface area contributed by atoms with Gasteiger partial charge in [0.15, 0.2) is 0 Å². The highest BCUT2D eigenvalue weighted by atomic mass is 16.4. The topological polar surface area (TPSA) is 222 Å². The van der Waals surface area contributed by atoms with Crippen LogP contribution in [0.4, 0.5) is 0 Å². The number of carbonyl (C=O) groups excluding carboxylic acids is 4. The molecule has 9 N–H and O–H groups in total. The summed E-state index contributed by atoms with van der Waals surface area (Å²) in [4.78, 5) is 68.1. The quantitative estimate of drug-likeness (QED) is 0.156. The number of H-pyrrole nitrogens is 1. The van der Waals surface area contributed by atoms with E-state index in [0.717, 1.165) is 0 Å². The lowest BCUT2D eigenvalue weighted by molar-refractivity contribution is -0.143. The minimum absolute atomic E-state index is 0.0225. The van der Waals surface area contributed by atoms with Crippen molar-refractivity contribution in [3.8, 4) is 0 Å². The Bertz CT molecular complexity index is 872. The Hall–Kier alpha value is -3.48. The second-order valence-corrected chi connectivity index (χ2v) is 9.21. The number of aromatic nitrogens is 2. The van der Waals surface area contributed by atoms with Crippen molar-refractivity contribution in [3.63, 3.8) is 0 Å². The van der Waals surface area contributed by atoms with Gasteiger partial charge in [-0.1, -0.05) is 27.7 Å². The number of nitrogens with zero attached hydrogens (tertiary/aromatic N) is 1. The Morgan fingerprint density at radius 2 is 1.60 bits per heavy atom. The Balaban J connectivity index is 3.08. The van der Waals surface area contributed by atoms with Gasteiger partial charge in [0.1, 0.15) is 18.1 Å². The van der Waals surface area contributed by atoms with Crippen LogP contribution >= 0.6 is 0 Å². The molecule has 0 radical (unpaired) electrons. The molecular weight excluding hydrogens is 458 g/mol. The fourth-order valence-corrected chi connectivity index (χ4v) is 3.31. The van der Waals surface area contributed by atoms with Crippen molar-refractivity contribution in [1.29, 1.82) is 0 Å².